The first-order valence-corrected chi connectivity index (χ1v) is 10.8. The topological polar surface area (TPSA) is 55.8 Å². The molecular formula is C20H22ClNO4S. The Hall–Kier alpha value is -1.44. The molecule has 27 heavy (non-hydrogen) atoms. The van der Waals surface area contributed by atoms with Gasteiger partial charge < -0.3 is 9.47 Å². The van der Waals surface area contributed by atoms with Crippen LogP contribution in [0.4, 0.5) is 0 Å². The van der Waals surface area contributed by atoms with Crippen molar-refractivity contribution in [1.82, 2.24) is 4.31 Å². The molecule has 2 fully saturated rings. The van der Waals surface area contributed by atoms with E-state index in [1.54, 1.807) is 28.6 Å². The molecule has 0 bridgehead atoms. The first kappa shape index (κ1) is 18.9. The van der Waals surface area contributed by atoms with Gasteiger partial charge in [0.25, 0.3) is 0 Å². The Bertz CT molecular complexity index is 906. The van der Waals surface area contributed by atoms with Gasteiger partial charge in [0.1, 0.15) is 0 Å². The fourth-order valence-electron chi connectivity index (χ4n) is 3.80. The van der Waals surface area contributed by atoms with Crippen LogP contribution in [0, 0.1) is 6.92 Å². The third kappa shape index (κ3) is 3.65. The van der Waals surface area contributed by atoms with Crippen LogP contribution in [0.5, 0.6) is 0 Å². The summed E-state index contributed by atoms with van der Waals surface area (Å²) < 4.78 is 40.0. The van der Waals surface area contributed by atoms with E-state index in [9.17, 15) is 8.42 Å². The van der Waals surface area contributed by atoms with Crippen LogP contribution in [0.3, 0.4) is 0 Å². The van der Waals surface area contributed by atoms with E-state index in [4.69, 9.17) is 21.1 Å². The Morgan fingerprint density at radius 3 is 2.30 bits per heavy atom. The Balaban J connectivity index is 1.73. The molecule has 2 aromatic carbocycles. The largest absolute Gasteiger partial charge is 0.347 e. The number of sulfonamides is 1. The van der Waals surface area contributed by atoms with Crippen molar-refractivity contribution in [3.8, 4) is 0 Å². The van der Waals surface area contributed by atoms with Gasteiger partial charge in [0.05, 0.1) is 24.2 Å². The molecule has 0 saturated carbocycles. The molecule has 2 saturated heterocycles. The number of ether oxygens (including phenoxy) is 2. The maximum absolute atomic E-state index is 13.4. The minimum Gasteiger partial charge on any atom is -0.347 e. The molecule has 1 spiro atoms. The van der Waals surface area contributed by atoms with E-state index < -0.39 is 15.8 Å². The zero-order valence-corrected chi connectivity index (χ0v) is 16.7. The van der Waals surface area contributed by atoms with E-state index in [0.717, 1.165) is 11.1 Å². The fraction of sp³-hybridized carbons (Fsp3) is 0.400. The van der Waals surface area contributed by atoms with E-state index in [2.05, 4.69) is 0 Å². The molecule has 144 valence electrons. The van der Waals surface area contributed by atoms with Crippen LogP contribution in [-0.4, -0.2) is 38.3 Å². The zero-order chi connectivity index (χ0) is 19.1. The highest BCUT2D eigenvalue weighted by atomic mass is 35.5. The average Bonchev–Trinajstić information content (AvgIpc) is 3.10. The molecule has 1 atom stereocenters. The van der Waals surface area contributed by atoms with Crippen molar-refractivity contribution < 1.29 is 17.9 Å². The van der Waals surface area contributed by atoms with Crippen molar-refractivity contribution in [3.63, 3.8) is 0 Å². The molecule has 7 heteroatoms. The lowest BCUT2D eigenvalue weighted by Gasteiger charge is -2.42. The van der Waals surface area contributed by atoms with E-state index in [0.29, 0.717) is 42.5 Å². The highest BCUT2D eigenvalue weighted by molar-refractivity contribution is 7.89. The monoisotopic (exact) mass is 407 g/mol. The molecule has 0 N–H and O–H groups in total. The molecule has 2 heterocycles. The van der Waals surface area contributed by atoms with Gasteiger partial charge in [-0.1, -0.05) is 41.4 Å². The first-order chi connectivity index (χ1) is 12.9. The minimum absolute atomic E-state index is 0.302. The van der Waals surface area contributed by atoms with Crippen molar-refractivity contribution in [3.05, 3.63) is 64.7 Å². The van der Waals surface area contributed by atoms with Crippen molar-refractivity contribution in [1.29, 1.82) is 0 Å². The Labute approximate surface area is 164 Å². The summed E-state index contributed by atoms with van der Waals surface area (Å²) in [5, 5.41) is 0.616. The minimum atomic E-state index is -3.64. The highest BCUT2D eigenvalue weighted by Gasteiger charge is 2.48. The van der Waals surface area contributed by atoms with Gasteiger partial charge in [-0.2, -0.15) is 4.31 Å². The Morgan fingerprint density at radius 2 is 1.67 bits per heavy atom. The zero-order valence-electron chi connectivity index (χ0n) is 15.1. The molecule has 2 aliphatic rings. The molecule has 0 amide bonds. The molecule has 5 nitrogen and oxygen atoms in total. The van der Waals surface area contributed by atoms with E-state index in [1.165, 1.54) is 0 Å². The van der Waals surface area contributed by atoms with Crippen LogP contribution in [0.2, 0.25) is 5.02 Å². The smallest absolute Gasteiger partial charge is 0.243 e. The van der Waals surface area contributed by atoms with Crippen LogP contribution in [0.1, 0.15) is 30.0 Å². The highest BCUT2D eigenvalue weighted by Crippen LogP contribution is 2.43. The van der Waals surface area contributed by atoms with Crippen molar-refractivity contribution in [2.24, 2.45) is 0 Å². The number of benzene rings is 2. The summed E-state index contributed by atoms with van der Waals surface area (Å²) in [6.45, 7) is 3.35. The second-order valence-corrected chi connectivity index (χ2v) is 9.38. The molecule has 1 unspecified atom stereocenters. The van der Waals surface area contributed by atoms with Crippen LogP contribution < -0.4 is 0 Å². The maximum atomic E-state index is 13.4. The van der Waals surface area contributed by atoms with Crippen molar-refractivity contribution in [2.45, 2.75) is 36.5 Å². The fourth-order valence-corrected chi connectivity index (χ4v) is 5.54. The lowest BCUT2D eigenvalue weighted by molar-refractivity contribution is -0.189. The summed E-state index contributed by atoms with van der Waals surface area (Å²) in [5.41, 5.74) is 1.90. The lowest BCUT2D eigenvalue weighted by atomic mass is 9.93. The molecule has 0 aliphatic carbocycles. The van der Waals surface area contributed by atoms with Gasteiger partial charge in [-0.15, -0.1) is 0 Å². The summed E-state index contributed by atoms with van der Waals surface area (Å²) in [7, 11) is -3.64. The van der Waals surface area contributed by atoms with Crippen molar-refractivity contribution >= 4 is 21.6 Å². The molecule has 2 aliphatic heterocycles. The van der Waals surface area contributed by atoms with Gasteiger partial charge >= 0.3 is 0 Å². The van der Waals surface area contributed by atoms with Crippen LogP contribution >= 0.6 is 11.6 Å². The SMILES string of the molecule is Cc1ccc(S(=O)(=O)N2CCC3(CC2c2ccc(Cl)cc2)OCCO3)cc1. The molecule has 0 aromatic heterocycles. The number of nitrogens with zero attached hydrogens (tertiary/aromatic N) is 1. The Kier molecular flexibility index (Phi) is 5.03. The molecule has 2 aromatic rings. The number of piperidine rings is 1. The average molecular weight is 408 g/mol. The quantitative estimate of drug-likeness (QED) is 0.773. The molecule has 0 radical (unpaired) electrons. The molecule has 4 rings (SSSR count). The summed E-state index contributed by atoms with van der Waals surface area (Å²) in [4.78, 5) is 0.302. The Morgan fingerprint density at radius 1 is 1.04 bits per heavy atom. The van der Waals surface area contributed by atoms with Gasteiger partial charge in [0.2, 0.25) is 10.0 Å². The number of hydrogen-bond acceptors (Lipinski definition) is 4. The van der Waals surface area contributed by atoms with Crippen molar-refractivity contribution in [2.75, 3.05) is 19.8 Å². The van der Waals surface area contributed by atoms with Crippen LogP contribution in [-0.2, 0) is 19.5 Å². The number of halogens is 1. The van der Waals surface area contributed by atoms with E-state index >= 15 is 0 Å². The number of rotatable bonds is 3. The maximum Gasteiger partial charge on any atom is 0.243 e. The third-order valence-corrected chi connectivity index (χ3v) is 7.44. The van der Waals surface area contributed by atoms with Gasteiger partial charge in [-0.3, -0.25) is 0 Å². The van der Waals surface area contributed by atoms with Gasteiger partial charge in [0.15, 0.2) is 5.79 Å². The lowest BCUT2D eigenvalue weighted by Crippen LogP contribution is -2.49. The van der Waals surface area contributed by atoms with Crippen LogP contribution in [0.15, 0.2) is 53.4 Å². The standard InChI is InChI=1S/C20H22ClNO4S/c1-15-2-8-18(9-3-15)27(23,24)22-11-10-20(25-12-13-26-20)14-19(22)16-4-6-17(21)7-5-16/h2-9,19H,10-14H2,1H3. The normalized spacial score (nSPS) is 23.0. The summed E-state index contributed by atoms with van der Waals surface area (Å²) in [5.74, 6) is -0.705. The predicted octanol–water partition coefficient (Wildman–Crippen LogP) is 3.92. The third-order valence-electron chi connectivity index (χ3n) is 5.26. The first-order valence-electron chi connectivity index (χ1n) is 9.02. The number of aryl methyl sites for hydroxylation is 1. The van der Waals surface area contributed by atoms with Gasteiger partial charge in [-0.05, 0) is 36.8 Å². The van der Waals surface area contributed by atoms with Gasteiger partial charge in [-0.25, -0.2) is 8.42 Å². The summed E-state index contributed by atoms with van der Waals surface area (Å²) in [6, 6.07) is 13.9. The molecular weight excluding hydrogens is 386 g/mol. The second kappa shape index (κ2) is 7.18. The predicted molar refractivity (Wildman–Crippen MR) is 103 cm³/mol. The summed E-state index contributed by atoms with van der Waals surface area (Å²) >= 11 is 6.03. The van der Waals surface area contributed by atoms with Gasteiger partial charge in [0, 0.05) is 24.4 Å². The van der Waals surface area contributed by atoms with Crippen LogP contribution in [0.25, 0.3) is 0 Å². The second-order valence-electron chi connectivity index (χ2n) is 7.06. The van der Waals surface area contributed by atoms with E-state index in [1.807, 2.05) is 31.2 Å². The summed E-state index contributed by atoms with van der Waals surface area (Å²) in [6.07, 6.45) is 0.974. The number of hydrogen-bond donors (Lipinski definition) is 0. The van der Waals surface area contributed by atoms with E-state index in [-0.39, 0.29) is 6.04 Å².